The molecule has 0 spiro atoms. The number of carbonyl (C=O) groups is 2. The third-order valence-corrected chi connectivity index (χ3v) is 4.43. The summed E-state index contributed by atoms with van der Waals surface area (Å²) in [6.45, 7) is 1.94. The van der Waals surface area contributed by atoms with Crippen LogP contribution in [0.25, 0.3) is 0 Å². The Morgan fingerprint density at radius 1 is 1.19 bits per heavy atom. The summed E-state index contributed by atoms with van der Waals surface area (Å²) < 4.78 is 39.0. The van der Waals surface area contributed by atoms with Crippen molar-refractivity contribution in [1.82, 2.24) is 0 Å². The lowest BCUT2D eigenvalue weighted by Gasteiger charge is -2.15. The molecule has 3 rings (SSSR count). The van der Waals surface area contributed by atoms with Crippen LogP contribution in [-0.4, -0.2) is 18.4 Å². The van der Waals surface area contributed by atoms with Gasteiger partial charge in [0.15, 0.2) is 0 Å². The van der Waals surface area contributed by atoms with E-state index in [0.717, 1.165) is 23.4 Å². The monoisotopic (exact) mass is 377 g/mol. The van der Waals surface area contributed by atoms with E-state index in [1.807, 2.05) is 0 Å². The van der Waals surface area contributed by atoms with Crippen LogP contribution in [0.1, 0.15) is 34.0 Å². The molecule has 2 aromatic rings. The Bertz CT molecular complexity index is 910. The van der Waals surface area contributed by atoms with Crippen molar-refractivity contribution in [3.05, 3.63) is 58.7 Å². The number of carbonyl (C=O) groups excluding carboxylic acids is 2. The minimum Gasteiger partial charge on any atom is -0.326 e. The van der Waals surface area contributed by atoms with Crippen LogP contribution in [0.15, 0.2) is 36.4 Å². The van der Waals surface area contributed by atoms with Gasteiger partial charge in [-0.3, -0.25) is 9.59 Å². The number of alkyl halides is 3. The first kappa shape index (κ1) is 18.9. The Kier molecular flexibility index (Phi) is 4.93. The fourth-order valence-corrected chi connectivity index (χ4v) is 3.12. The first-order valence-corrected chi connectivity index (χ1v) is 8.32. The number of fused-ring (bicyclic) bond motifs is 1. The molecular formula is C19H18F3N3O2. The molecule has 0 saturated heterocycles. The van der Waals surface area contributed by atoms with Crippen LogP contribution in [0.3, 0.4) is 0 Å². The second-order valence-electron chi connectivity index (χ2n) is 6.34. The summed E-state index contributed by atoms with van der Waals surface area (Å²) in [7, 11) is 0. The smallest absolute Gasteiger partial charge is 0.326 e. The van der Waals surface area contributed by atoms with E-state index in [1.165, 1.54) is 13.0 Å². The van der Waals surface area contributed by atoms with E-state index >= 15 is 0 Å². The Balaban J connectivity index is 1.85. The predicted molar refractivity (Wildman–Crippen MR) is 95.5 cm³/mol. The molecule has 0 bridgehead atoms. The molecule has 0 aromatic heterocycles. The third-order valence-electron chi connectivity index (χ3n) is 4.43. The summed E-state index contributed by atoms with van der Waals surface area (Å²) in [5.74, 6) is -0.606. The van der Waals surface area contributed by atoms with Crippen LogP contribution in [0.4, 0.5) is 24.5 Å². The normalized spacial score (nSPS) is 13.4. The molecule has 27 heavy (non-hydrogen) atoms. The van der Waals surface area contributed by atoms with Crippen LogP contribution >= 0.6 is 0 Å². The van der Waals surface area contributed by atoms with Gasteiger partial charge in [0, 0.05) is 37.0 Å². The minimum absolute atomic E-state index is 0.0288. The summed E-state index contributed by atoms with van der Waals surface area (Å²) in [6, 6.07) is 8.13. The lowest BCUT2D eigenvalue weighted by Crippen LogP contribution is -2.25. The maximum absolute atomic E-state index is 13.0. The van der Waals surface area contributed by atoms with Crippen molar-refractivity contribution in [2.75, 3.05) is 16.8 Å². The van der Waals surface area contributed by atoms with E-state index in [9.17, 15) is 22.8 Å². The van der Waals surface area contributed by atoms with Gasteiger partial charge in [-0.15, -0.1) is 0 Å². The fourth-order valence-electron chi connectivity index (χ4n) is 3.12. The zero-order valence-electron chi connectivity index (χ0n) is 14.6. The van der Waals surface area contributed by atoms with Gasteiger partial charge in [-0.25, -0.2) is 0 Å². The molecule has 1 aliphatic heterocycles. The van der Waals surface area contributed by atoms with Crippen molar-refractivity contribution in [2.45, 2.75) is 26.1 Å². The van der Waals surface area contributed by atoms with Gasteiger partial charge in [-0.1, -0.05) is 0 Å². The average Bonchev–Trinajstić information content (AvgIpc) is 3.04. The second-order valence-corrected chi connectivity index (χ2v) is 6.34. The van der Waals surface area contributed by atoms with Gasteiger partial charge >= 0.3 is 6.18 Å². The Morgan fingerprint density at radius 3 is 2.56 bits per heavy atom. The Hall–Kier alpha value is -2.87. The van der Waals surface area contributed by atoms with Crippen molar-refractivity contribution in [3.63, 3.8) is 0 Å². The molecule has 0 unspecified atom stereocenters. The molecule has 0 fully saturated rings. The summed E-state index contributed by atoms with van der Waals surface area (Å²) in [5.41, 5.74) is 6.80. The van der Waals surface area contributed by atoms with E-state index < -0.39 is 17.6 Å². The molecule has 5 nitrogen and oxygen atoms in total. The maximum atomic E-state index is 13.0. The second kappa shape index (κ2) is 7.03. The summed E-state index contributed by atoms with van der Waals surface area (Å²) in [6.07, 6.45) is -3.91. The summed E-state index contributed by atoms with van der Waals surface area (Å²) in [5, 5.41) is 2.50. The molecule has 2 amide bonds. The van der Waals surface area contributed by atoms with Crippen molar-refractivity contribution in [3.8, 4) is 0 Å². The number of rotatable bonds is 3. The van der Waals surface area contributed by atoms with E-state index in [0.29, 0.717) is 18.5 Å². The molecule has 3 N–H and O–H groups in total. The zero-order valence-corrected chi connectivity index (χ0v) is 14.6. The topological polar surface area (TPSA) is 75.4 Å². The first-order valence-electron chi connectivity index (χ1n) is 8.32. The predicted octanol–water partition coefficient (Wildman–Crippen LogP) is 3.33. The highest BCUT2D eigenvalue weighted by atomic mass is 19.4. The number of hydrogen-bond donors (Lipinski definition) is 2. The highest BCUT2D eigenvalue weighted by Crippen LogP contribution is 2.32. The molecular weight excluding hydrogens is 359 g/mol. The molecule has 2 aromatic carbocycles. The number of halogens is 3. The van der Waals surface area contributed by atoms with Crippen molar-refractivity contribution in [2.24, 2.45) is 5.73 Å². The van der Waals surface area contributed by atoms with Gasteiger partial charge < -0.3 is 16.0 Å². The fraction of sp³-hybridized carbons (Fsp3) is 0.263. The SMILES string of the molecule is CC(=O)N1CCc2cc(C(=O)Nc3cc(CN)cc(C(F)(F)F)c3)ccc21. The van der Waals surface area contributed by atoms with E-state index in [2.05, 4.69) is 5.32 Å². The van der Waals surface area contributed by atoms with Crippen molar-refractivity contribution < 1.29 is 22.8 Å². The molecule has 0 atom stereocenters. The number of hydrogen-bond acceptors (Lipinski definition) is 3. The Labute approximate surface area is 154 Å². The first-order chi connectivity index (χ1) is 12.7. The highest BCUT2D eigenvalue weighted by molar-refractivity contribution is 6.05. The van der Waals surface area contributed by atoms with Gasteiger partial charge in [0.1, 0.15) is 0 Å². The van der Waals surface area contributed by atoms with Crippen molar-refractivity contribution in [1.29, 1.82) is 0 Å². The Morgan fingerprint density at radius 2 is 1.93 bits per heavy atom. The molecule has 142 valence electrons. The quantitative estimate of drug-likeness (QED) is 0.862. The van der Waals surface area contributed by atoms with Gasteiger partial charge in [0.05, 0.1) is 5.56 Å². The third kappa shape index (κ3) is 3.95. The van der Waals surface area contributed by atoms with Gasteiger partial charge in [0.2, 0.25) is 5.91 Å². The maximum Gasteiger partial charge on any atom is 0.416 e. The number of amides is 2. The van der Waals surface area contributed by atoms with Crippen LogP contribution < -0.4 is 16.0 Å². The van der Waals surface area contributed by atoms with E-state index in [4.69, 9.17) is 5.73 Å². The van der Waals surface area contributed by atoms with Gasteiger partial charge in [-0.05, 0) is 53.9 Å². The standard InChI is InChI=1S/C19H18F3N3O2/c1-11(26)25-5-4-13-8-14(2-3-17(13)25)18(27)24-16-7-12(10-23)6-15(9-16)19(20,21)22/h2-3,6-9H,4-5,10,23H2,1H3,(H,24,27). The zero-order chi connectivity index (χ0) is 19.8. The van der Waals surface area contributed by atoms with Gasteiger partial charge in [-0.2, -0.15) is 13.2 Å². The lowest BCUT2D eigenvalue weighted by atomic mass is 10.1. The number of nitrogens with one attached hydrogen (secondary N) is 1. The van der Waals surface area contributed by atoms with Crippen LogP contribution in [-0.2, 0) is 23.9 Å². The molecule has 1 heterocycles. The highest BCUT2D eigenvalue weighted by Gasteiger charge is 2.31. The number of nitrogens with zero attached hydrogens (tertiary/aromatic N) is 1. The minimum atomic E-state index is -4.53. The molecule has 0 saturated carbocycles. The summed E-state index contributed by atoms with van der Waals surface area (Å²) in [4.78, 5) is 25.7. The van der Waals surface area contributed by atoms with E-state index in [-0.39, 0.29) is 23.7 Å². The van der Waals surface area contributed by atoms with Crippen molar-refractivity contribution >= 4 is 23.2 Å². The molecule has 8 heteroatoms. The van der Waals surface area contributed by atoms with Crippen LogP contribution in [0, 0.1) is 0 Å². The number of benzene rings is 2. The molecule has 1 aliphatic rings. The largest absolute Gasteiger partial charge is 0.416 e. The van der Waals surface area contributed by atoms with Crippen LogP contribution in [0.2, 0.25) is 0 Å². The number of anilines is 2. The van der Waals surface area contributed by atoms with Gasteiger partial charge in [0.25, 0.3) is 5.91 Å². The van der Waals surface area contributed by atoms with Crippen LogP contribution in [0.5, 0.6) is 0 Å². The lowest BCUT2D eigenvalue weighted by molar-refractivity contribution is -0.137. The number of nitrogens with two attached hydrogens (primary N) is 1. The molecule has 0 radical (unpaired) electrons. The summed E-state index contributed by atoms with van der Waals surface area (Å²) >= 11 is 0. The molecule has 0 aliphatic carbocycles. The average molecular weight is 377 g/mol. The van der Waals surface area contributed by atoms with E-state index in [1.54, 1.807) is 23.1 Å².